The molecule has 0 amide bonds. The summed E-state index contributed by atoms with van der Waals surface area (Å²) < 4.78 is 19.6. The van der Waals surface area contributed by atoms with Crippen LogP contribution in [0.5, 0.6) is 0 Å². The summed E-state index contributed by atoms with van der Waals surface area (Å²) in [6, 6.07) is 10.9. The molecule has 51 heavy (non-hydrogen) atoms. The Kier molecular flexibility index (Phi) is 22.7. The minimum Gasteiger partial charge on any atom is -0.379 e. The largest absolute Gasteiger partial charge is 0.379 e. The van der Waals surface area contributed by atoms with E-state index in [9.17, 15) is 0 Å². The van der Waals surface area contributed by atoms with E-state index in [1.807, 2.05) is 0 Å². The van der Waals surface area contributed by atoms with Gasteiger partial charge < -0.3 is 30.6 Å². The first-order valence-electron chi connectivity index (χ1n) is 21.4. The fraction of sp³-hybridized carbons (Fsp3) is 0.867. The smallest absolute Gasteiger partial charge is 0.0636 e. The van der Waals surface area contributed by atoms with Crippen LogP contribution in [0.25, 0.3) is 0 Å². The SMILES string of the molecule is CCCCO[C@@H](C)CC[C@](C)(CC[C@H](CC)OCCCN)[C@H](C)C[C@H](OCCCN)[C@@]1(C)[C@H](C)CC[C@@H]1[C@H](C)CCCN(C)Cc1ccccc1. The first-order chi connectivity index (χ1) is 24.4. The number of hydrogen-bond donors (Lipinski definition) is 2. The molecule has 0 heterocycles. The van der Waals surface area contributed by atoms with E-state index in [2.05, 4.69) is 97.7 Å². The fourth-order valence-corrected chi connectivity index (χ4v) is 9.04. The van der Waals surface area contributed by atoms with Crippen molar-refractivity contribution < 1.29 is 14.2 Å². The zero-order valence-electron chi connectivity index (χ0n) is 35.1. The highest BCUT2D eigenvalue weighted by Gasteiger charge is 2.52. The first-order valence-corrected chi connectivity index (χ1v) is 21.4. The molecule has 1 fully saturated rings. The lowest BCUT2D eigenvalue weighted by atomic mass is 9.61. The van der Waals surface area contributed by atoms with Gasteiger partial charge in [0.15, 0.2) is 0 Å². The van der Waals surface area contributed by atoms with Crippen LogP contribution in [0.3, 0.4) is 0 Å². The number of benzene rings is 1. The van der Waals surface area contributed by atoms with Gasteiger partial charge in [-0.25, -0.2) is 0 Å². The topological polar surface area (TPSA) is 83.0 Å². The second-order valence-corrected chi connectivity index (χ2v) is 17.2. The minimum atomic E-state index is 0.146. The van der Waals surface area contributed by atoms with E-state index in [1.165, 1.54) is 44.1 Å². The summed E-state index contributed by atoms with van der Waals surface area (Å²) >= 11 is 0. The van der Waals surface area contributed by atoms with Crippen molar-refractivity contribution >= 4 is 0 Å². The lowest BCUT2D eigenvalue weighted by Gasteiger charge is -2.48. The van der Waals surface area contributed by atoms with E-state index in [4.69, 9.17) is 25.7 Å². The van der Waals surface area contributed by atoms with E-state index < -0.39 is 0 Å². The predicted molar refractivity (Wildman–Crippen MR) is 219 cm³/mol. The molecule has 0 saturated heterocycles. The maximum Gasteiger partial charge on any atom is 0.0636 e. The number of nitrogens with two attached hydrogens (primary N) is 2. The Morgan fingerprint density at radius 2 is 1.51 bits per heavy atom. The highest BCUT2D eigenvalue weighted by Crippen LogP contribution is 2.56. The summed E-state index contributed by atoms with van der Waals surface area (Å²) in [4.78, 5) is 2.49. The Labute approximate surface area is 316 Å². The molecule has 298 valence electrons. The van der Waals surface area contributed by atoms with Gasteiger partial charge in [-0.1, -0.05) is 85.2 Å². The average Bonchev–Trinajstić information content (AvgIpc) is 3.42. The van der Waals surface area contributed by atoms with Gasteiger partial charge >= 0.3 is 0 Å². The van der Waals surface area contributed by atoms with Crippen LogP contribution >= 0.6 is 0 Å². The van der Waals surface area contributed by atoms with Crippen LogP contribution in [-0.2, 0) is 20.8 Å². The summed E-state index contributed by atoms with van der Waals surface area (Å²) in [7, 11) is 2.27. The van der Waals surface area contributed by atoms with Gasteiger partial charge in [0.25, 0.3) is 0 Å². The zero-order valence-corrected chi connectivity index (χ0v) is 35.1. The van der Waals surface area contributed by atoms with E-state index in [1.54, 1.807) is 0 Å². The molecular formula is C45H85N3O3. The molecule has 0 spiro atoms. The number of nitrogens with zero attached hydrogens (tertiary/aromatic N) is 1. The third kappa shape index (κ3) is 15.7. The summed E-state index contributed by atoms with van der Waals surface area (Å²) in [5.74, 6) is 2.49. The van der Waals surface area contributed by atoms with Gasteiger partial charge in [0, 0.05) is 26.4 Å². The van der Waals surface area contributed by atoms with Crippen molar-refractivity contribution in [3.8, 4) is 0 Å². The van der Waals surface area contributed by atoms with Crippen LogP contribution in [0.1, 0.15) is 151 Å². The van der Waals surface area contributed by atoms with Crippen molar-refractivity contribution in [3.05, 3.63) is 35.9 Å². The van der Waals surface area contributed by atoms with Crippen molar-refractivity contribution in [2.75, 3.05) is 46.5 Å². The number of unbranched alkanes of at least 4 members (excludes halogenated alkanes) is 1. The van der Waals surface area contributed by atoms with Gasteiger partial charge in [0.05, 0.1) is 18.3 Å². The zero-order chi connectivity index (χ0) is 37.7. The fourth-order valence-electron chi connectivity index (χ4n) is 9.04. The molecule has 0 radical (unpaired) electrons. The third-order valence-corrected chi connectivity index (χ3v) is 13.3. The Morgan fingerprint density at radius 1 is 0.863 bits per heavy atom. The monoisotopic (exact) mass is 716 g/mol. The van der Waals surface area contributed by atoms with Crippen molar-refractivity contribution in [2.45, 2.75) is 170 Å². The molecule has 0 aliphatic heterocycles. The molecule has 1 aliphatic rings. The van der Waals surface area contributed by atoms with Crippen LogP contribution in [0, 0.1) is 34.5 Å². The van der Waals surface area contributed by atoms with Crippen LogP contribution in [0.2, 0.25) is 0 Å². The number of ether oxygens (including phenoxy) is 3. The Morgan fingerprint density at radius 3 is 2.16 bits per heavy atom. The second-order valence-electron chi connectivity index (χ2n) is 17.2. The highest BCUT2D eigenvalue weighted by atomic mass is 16.5. The molecule has 1 aliphatic carbocycles. The summed E-state index contributed by atoms with van der Waals surface area (Å²) in [5.41, 5.74) is 13.5. The Hall–Kier alpha value is -1.02. The van der Waals surface area contributed by atoms with Gasteiger partial charge in [0.2, 0.25) is 0 Å². The quantitative estimate of drug-likeness (QED) is 0.0772. The third-order valence-electron chi connectivity index (χ3n) is 13.3. The Balaban J connectivity index is 2.23. The van der Waals surface area contributed by atoms with Crippen molar-refractivity contribution in [1.82, 2.24) is 4.90 Å². The van der Waals surface area contributed by atoms with Gasteiger partial charge in [-0.3, -0.25) is 0 Å². The highest BCUT2D eigenvalue weighted by molar-refractivity contribution is 5.14. The molecule has 0 bridgehead atoms. The molecule has 1 aromatic carbocycles. The molecule has 0 unspecified atom stereocenters. The molecular weight excluding hydrogens is 631 g/mol. The van der Waals surface area contributed by atoms with Crippen LogP contribution in [0.15, 0.2) is 30.3 Å². The normalized spacial score (nSPS) is 23.6. The lowest BCUT2D eigenvalue weighted by Crippen LogP contribution is -2.46. The van der Waals surface area contributed by atoms with E-state index in [-0.39, 0.29) is 23.0 Å². The lowest BCUT2D eigenvalue weighted by molar-refractivity contribution is -0.100. The van der Waals surface area contributed by atoms with Crippen LogP contribution < -0.4 is 11.5 Å². The molecule has 0 aromatic heterocycles. The van der Waals surface area contributed by atoms with E-state index in [0.29, 0.717) is 42.9 Å². The maximum absolute atomic E-state index is 7.05. The number of rotatable bonds is 30. The number of hydrogen-bond acceptors (Lipinski definition) is 6. The predicted octanol–water partition coefficient (Wildman–Crippen LogP) is 10.3. The van der Waals surface area contributed by atoms with E-state index in [0.717, 1.165) is 84.3 Å². The molecule has 1 saturated carbocycles. The van der Waals surface area contributed by atoms with Gasteiger partial charge in [-0.15, -0.1) is 0 Å². The minimum absolute atomic E-state index is 0.146. The van der Waals surface area contributed by atoms with Gasteiger partial charge in [0.1, 0.15) is 0 Å². The molecule has 6 nitrogen and oxygen atoms in total. The molecule has 4 N–H and O–H groups in total. The first kappa shape index (κ1) is 46.1. The standard InChI is InChI=1S/C45H85N3O3/c1-10-12-31-49-39(6)24-26-44(7,27-25-41(11-2)50-32-17-28-46)38(5)34-43(51-33-18-29-47)45(8)37(4)22-23-42(45)36(3)19-16-30-48(9)35-40-20-14-13-15-21-40/h13-15,20-21,36-39,41-43H,10-12,16-19,22-35,46-47H2,1-9H3/t36-,37-,38-,39+,41+,42-,43+,44-,45+/m1/s1. The Bertz CT molecular complexity index is 996. The summed E-state index contributed by atoms with van der Waals surface area (Å²) in [5, 5.41) is 0. The average molecular weight is 716 g/mol. The maximum atomic E-state index is 7.05. The van der Waals surface area contributed by atoms with Crippen LogP contribution in [0.4, 0.5) is 0 Å². The summed E-state index contributed by atoms with van der Waals surface area (Å²) in [6.07, 6.45) is 16.8. The van der Waals surface area contributed by atoms with Gasteiger partial charge in [-0.2, -0.15) is 0 Å². The van der Waals surface area contributed by atoms with Crippen molar-refractivity contribution in [1.29, 1.82) is 0 Å². The van der Waals surface area contributed by atoms with Crippen molar-refractivity contribution in [2.24, 2.45) is 46.0 Å². The molecule has 2 rings (SSSR count). The van der Waals surface area contributed by atoms with Gasteiger partial charge in [-0.05, 0) is 157 Å². The molecule has 9 atom stereocenters. The van der Waals surface area contributed by atoms with E-state index >= 15 is 0 Å². The molecule has 1 aromatic rings. The van der Waals surface area contributed by atoms with Crippen molar-refractivity contribution in [3.63, 3.8) is 0 Å². The summed E-state index contributed by atoms with van der Waals surface area (Å²) in [6.45, 7) is 25.4. The second kappa shape index (κ2) is 25.1. The molecule has 6 heteroatoms. The van der Waals surface area contributed by atoms with Crippen LogP contribution in [-0.4, -0.2) is 69.7 Å².